The van der Waals surface area contributed by atoms with Gasteiger partial charge in [0.1, 0.15) is 11.9 Å². The summed E-state index contributed by atoms with van der Waals surface area (Å²) in [6.45, 7) is 5.37. The van der Waals surface area contributed by atoms with E-state index in [1.165, 1.54) is 18.2 Å². The molecule has 3 nitrogen and oxygen atoms in total. The van der Waals surface area contributed by atoms with Crippen LogP contribution in [0.1, 0.15) is 31.1 Å². The summed E-state index contributed by atoms with van der Waals surface area (Å²) in [7, 11) is 0. The van der Waals surface area contributed by atoms with Crippen LogP contribution in [0.15, 0.2) is 24.3 Å². The van der Waals surface area contributed by atoms with E-state index in [-0.39, 0.29) is 5.56 Å². The maximum absolute atomic E-state index is 12.9. The molecule has 90 valence electrons. The molecular weight excluding hydrogens is 221 g/mol. The lowest BCUT2D eigenvalue weighted by Crippen LogP contribution is -2.30. The van der Waals surface area contributed by atoms with E-state index in [1.54, 1.807) is 20.8 Å². The predicted molar refractivity (Wildman–Crippen MR) is 60.7 cm³/mol. The van der Waals surface area contributed by atoms with E-state index in [2.05, 4.69) is 0 Å². The maximum atomic E-state index is 12.9. The average Bonchev–Trinajstić information content (AvgIpc) is 2.23. The van der Waals surface area contributed by atoms with Crippen LogP contribution >= 0.6 is 0 Å². The smallest absolute Gasteiger partial charge is 0.339 e. The van der Waals surface area contributed by atoms with Crippen LogP contribution in [0.5, 0.6) is 0 Å². The van der Waals surface area contributed by atoms with Gasteiger partial charge in [-0.3, -0.25) is 0 Å². The molecule has 0 heterocycles. The molecule has 0 aliphatic rings. The number of ether oxygens (including phenoxy) is 1. The third-order valence-corrected chi connectivity index (χ3v) is 2.19. The van der Waals surface area contributed by atoms with Crippen molar-refractivity contribution in [2.45, 2.75) is 26.9 Å². The van der Waals surface area contributed by atoms with Crippen LogP contribution in [0.4, 0.5) is 4.39 Å². The molecule has 17 heavy (non-hydrogen) atoms. The van der Waals surface area contributed by atoms with Crippen molar-refractivity contribution in [3.05, 3.63) is 35.6 Å². The third kappa shape index (κ3) is 3.56. The lowest BCUT2D eigenvalue weighted by molar-refractivity contribution is 0.0172. The van der Waals surface area contributed by atoms with Gasteiger partial charge in [0.05, 0.1) is 5.56 Å². The van der Waals surface area contributed by atoms with E-state index in [0.29, 0.717) is 0 Å². The average molecular weight is 235 g/mol. The first-order chi connectivity index (χ1) is 7.84. The van der Waals surface area contributed by atoms with E-state index in [1.807, 2.05) is 6.07 Å². The first-order valence-corrected chi connectivity index (χ1v) is 5.21. The van der Waals surface area contributed by atoms with Crippen LogP contribution in [0.25, 0.3) is 0 Å². The molecule has 0 saturated heterocycles. The van der Waals surface area contributed by atoms with Crippen LogP contribution in [0.3, 0.4) is 0 Å². The molecule has 0 aliphatic heterocycles. The minimum atomic E-state index is -0.863. The van der Waals surface area contributed by atoms with Crippen LogP contribution in [0, 0.1) is 22.6 Å². The second-order valence-corrected chi connectivity index (χ2v) is 4.79. The Labute approximate surface area is 99.8 Å². The molecule has 0 N–H and O–H groups in total. The fourth-order valence-electron chi connectivity index (χ4n) is 1.19. The molecular formula is C13H14FNO2. The number of carbonyl (C=O) groups is 1. The molecule has 0 radical (unpaired) electrons. The van der Waals surface area contributed by atoms with E-state index in [9.17, 15) is 9.18 Å². The van der Waals surface area contributed by atoms with Crippen LogP contribution in [-0.2, 0) is 4.74 Å². The lowest BCUT2D eigenvalue weighted by atomic mass is 9.90. The van der Waals surface area contributed by atoms with E-state index >= 15 is 0 Å². The van der Waals surface area contributed by atoms with Gasteiger partial charge in [-0.15, -0.1) is 0 Å². The second-order valence-electron chi connectivity index (χ2n) is 4.79. The number of halogens is 1. The monoisotopic (exact) mass is 235 g/mol. The standard InChI is InChI=1S/C13H14FNO2/c1-13(2,3)11(8-15)17-12(16)9-5-4-6-10(14)7-9/h4-7,11H,1-3H3/t11-/m1/s1. The minimum absolute atomic E-state index is 0.106. The summed E-state index contributed by atoms with van der Waals surface area (Å²) in [4.78, 5) is 11.7. The van der Waals surface area contributed by atoms with Gasteiger partial charge >= 0.3 is 5.97 Å². The topological polar surface area (TPSA) is 50.1 Å². The van der Waals surface area contributed by atoms with E-state index < -0.39 is 23.3 Å². The predicted octanol–water partition coefficient (Wildman–Crippen LogP) is 2.92. The summed E-state index contributed by atoms with van der Waals surface area (Å²) in [5, 5.41) is 8.91. The molecule has 1 aromatic carbocycles. The van der Waals surface area contributed by atoms with Gasteiger partial charge in [-0.05, 0) is 18.2 Å². The number of nitriles is 1. The van der Waals surface area contributed by atoms with Crippen molar-refractivity contribution < 1.29 is 13.9 Å². The zero-order valence-corrected chi connectivity index (χ0v) is 10.0. The first-order valence-electron chi connectivity index (χ1n) is 5.21. The Morgan fingerprint density at radius 2 is 2.12 bits per heavy atom. The molecule has 1 aromatic rings. The van der Waals surface area contributed by atoms with Crippen molar-refractivity contribution in [1.82, 2.24) is 0 Å². The number of hydrogen-bond donors (Lipinski definition) is 0. The Bertz CT molecular complexity index is 457. The van der Waals surface area contributed by atoms with E-state index in [4.69, 9.17) is 10.00 Å². The molecule has 0 aliphatic carbocycles. The fourth-order valence-corrected chi connectivity index (χ4v) is 1.19. The number of carbonyl (C=O) groups excluding carboxylic acids is 1. The molecule has 1 atom stereocenters. The van der Waals surface area contributed by atoms with Crippen molar-refractivity contribution in [2.75, 3.05) is 0 Å². The summed E-state index contributed by atoms with van der Waals surface area (Å²) in [5.74, 6) is -1.20. The number of nitrogens with zero attached hydrogens (tertiary/aromatic N) is 1. The SMILES string of the molecule is CC(C)(C)[C@@H](C#N)OC(=O)c1cccc(F)c1. The van der Waals surface area contributed by atoms with Gasteiger partial charge in [-0.1, -0.05) is 26.8 Å². The summed E-state index contributed by atoms with van der Waals surface area (Å²) in [5.41, 5.74) is -0.368. The summed E-state index contributed by atoms with van der Waals surface area (Å²) in [6, 6.07) is 7.11. The molecule has 0 aromatic heterocycles. The van der Waals surface area contributed by atoms with Gasteiger partial charge in [0.2, 0.25) is 0 Å². The van der Waals surface area contributed by atoms with Gasteiger partial charge < -0.3 is 4.74 Å². The Balaban J connectivity index is 2.83. The van der Waals surface area contributed by atoms with Crippen LogP contribution < -0.4 is 0 Å². The summed E-state index contributed by atoms with van der Waals surface area (Å²) < 4.78 is 17.9. The van der Waals surface area contributed by atoms with Crippen molar-refractivity contribution in [3.63, 3.8) is 0 Å². The lowest BCUT2D eigenvalue weighted by Gasteiger charge is -2.24. The Kier molecular flexibility index (Phi) is 3.84. The Morgan fingerprint density at radius 1 is 1.47 bits per heavy atom. The second kappa shape index (κ2) is 4.96. The molecule has 0 unspecified atom stereocenters. The Hall–Kier alpha value is -1.89. The third-order valence-electron chi connectivity index (χ3n) is 2.19. The number of hydrogen-bond acceptors (Lipinski definition) is 3. The van der Waals surface area contributed by atoms with Gasteiger partial charge in [0.15, 0.2) is 6.10 Å². The van der Waals surface area contributed by atoms with Crippen molar-refractivity contribution >= 4 is 5.97 Å². The molecule has 1 rings (SSSR count). The zero-order chi connectivity index (χ0) is 13.1. The molecule has 0 saturated carbocycles. The van der Waals surface area contributed by atoms with Gasteiger partial charge in [-0.2, -0.15) is 5.26 Å². The number of rotatable bonds is 2. The first kappa shape index (κ1) is 13.2. The van der Waals surface area contributed by atoms with Gasteiger partial charge in [-0.25, -0.2) is 9.18 Å². The molecule has 0 bridgehead atoms. The normalized spacial score (nSPS) is 12.6. The maximum Gasteiger partial charge on any atom is 0.339 e. The fraction of sp³-hybridized carbons (Fsp3) is 0.385. The summed E-state index contributed by atoms with van der Waals surface area (Å²) in [6.07, 6.45) is -0.863. The van der Waals surface area contributed by atoms with Crippen LogP contribution in [-0.4, -0.2) is 12.1 Å². The van der Waals surface area contributed by atoms with Crippen molar-refractivity contribution in [3.8, 4) is 6.07 Å². The highest BCUT2D eigenvalue weighted by atomic mass is 19.1. The quantitative estimate of drug-likeness (QED) is 0.740. The molecule has 4 heteroatoms. The largest absolute Gasteiger partial charge is 0.443 e. The molecule has 0 fully saturated rings. The van der Waals surface area contributed by atoms with E-state index in [0.717, 1.165) is 6.07 Å². The number of benzene rings is 1. The highest BCUT2D eigenvalue weighted by Crippen LogP contribution is 2.22. The highest BCUT2D eigenvalue weighted by Gasteiger charge is 2.28. The molecule has 0 amide bonds. The van der Waals surface area contributed by atoms with Gasteiger partial charge in [0, 0.05) is 5.41 Å². The zero-order valence-electron chi connectivity index (χ0n) is 10.0. The van der Waals surface area contributed by atoms with Crippen LogP contribution in [0.2, 0.25) is 0 Å². The minimum Gasteiger partial charge on any atom is -0.443 e. The molecule has 0 spiro atoms. The number of esters is 1. The van der Waals surface area contributed by atoms with Crippen molar-refractivity contribution in [1.29, 1.82) is 5.26 Å². The highest BCUT2D eigenvalue weighted by molar-refractivity contribution is 5.89. The van der Waals surface area contributed by atoms with Gasteiger partial charge in [0.25, 0.3) is 0 Å². The summed E-state index contributed by atoms with van der Waals surface area (Å²) >= 11 is 0. The van der Waals surface area contributed by atoms with Crippen molar-refractivity contribution in [2.24, 2.45) is 5.41 Å². The Morgan fingerprint density at radius 3 is 2.59 bits per heavy atom.